The summed E-state index contributed by atoms with van der Waals surface area (Å²) >= 11 is 0. The van der Waals surface area contributed by atoms with Crippen molar-refractivity contribution >= 4 is 21.6 Å². The zero-order valence-corrected chi connectivity index (χ0v) is 17.7. The van der Waals surface area contributed by atoms with Crippen LogP contribution in [0.4, 0.5) is 10.1 Å². The average Bonchev–Trinajstić information content (AvgIpc) is 2.69. The molecule has 3 rings (SSSR count). The largest absolute Gasteiger partial charge is 0.337 e. The number of para-hydroxylation sites is 1. The number of aryl methyl sites for hydroxylation is 1. The van der Waals surface area contributed by atoms with Crippen LogP contribution in [0.3, 0.4) is 0 Å². The van der Waals surface area contributed by atoms with Crippen LogP contribution in [0, 0.1) is 12.7 Å². The van der Waals surface area contributed by atoms with E-state index in [9.17, 15) is 17.6 Å². The fourth-order valence-corrected chi connectivity index (χ4v) is 4.57. The number of halogens is 1. The van der Waals surface area contributed by atoms with Crippen LogP contribution in [-0.2, 0) is 10.0 Å². The van der Waals surface area contributed by atoms with Crippen molar-refractivity contribution in [2.75, 3.05) is 31.9 Å². The van der Waals surface area contributed by atoms with E-state index in [0.717, 1.165) is 12.8 Å². The van der Waals surface area contributed by atoms with Gasteiger partial charge in [-0.1, -0.05) is 18.2 Å². The van der Waals surface area contributed by atoms with Crippen molar-refractivity contribution in [3.05, 3.63) is 59.4 Å². The summed E-state index contributed by atoms with van der Waals surface area (Å²) in [5.41, 5.74) is 0.915. The Labute approximate surface area is 171 Å². The molecule has 0 spiro atoms. The van der Waals surface area contributed by atoms with Gasteiger partial charge in [0.05, 0.1) is 10.6 Å². The lowest BCUT2D eigenvalue weighted by atomic mass is 10.0. The van der Waals surface area contributed by atoms with E-state index in [1.165, 1.54) is 30.3 Å². The molecule has 8 heteroatoms. The van der Waals surface area contributed by atoms with E-state index in [0.29, 0.717) is 24.2 Å². The monoisotopic (exact) mass is 419 g/mol. The molecule has 1 aliphatic rings. The maximum Gasteiger partial charge on any atom is 0.262 e. The molecule has 0 saturated carbocycles. The molecule has 1 atom stereocenters. The van der Waals surface area contributed by atoms with Crippen LogP contribution in [0.15, 0.2) is 47.4 Å². The Balaban J connectivity index is 1.87. The molecule has 29 heavy (non-hydrogen) atoms. The second kappa shape index (κ2) is 8.51. The zero-order chi connectivity index (χ0) is 21.2. The van der Waals surface area contributed by atoms with E-state index < -0.39 is 15.8 Å². The van der Waals surface area contributed by atoms with E-state index in [4.69, 9.17) is 0 Å². The van der Waals surface area contributed by atoms with Crippen molar-refractivity contribution in [3.63, 3.8) is 0 Å². The number of carbonyl (C=O) groups excluding carboxylic acids is 1. The van der Waals surface area contributed by atoms with Gasteiger partial charge in [-0.3, -0.25) is 9.52 Å². The molecular formula is C21H26FN3O3S. The first-order valence-electron chi connectivity index (χ1n) is 9.53. The Morgan fingerprint density at radius 2 is 1.93 bits per heavy atom. The number of anilines is 1. The molecule has 6 nitrogen and oxygen atoms in total. The molecule has 1 N–H and O–H groups in total. The number of sulfonamides is 1. The topological polar surface area (TPSA) is 69.7 Å². The van der Waals surface area contributed by atoms with Crippen LogP contribution in [0.2, 0.25) is 0 Å². The van der Waals surface area contributed by atoms with Gasteiger partial charge >= 0.3 is 0 Å². The van der Waals surface area contributed by atoms with Crippen LogP contribution in [-0.4, -0.2) is 57.4 Å². The fraction of sp³-hybridized carbons (Fsp3) is 0.381. The van der Waals surface area contributed by atoms with E-state index in [2.05, 4.69) is 9.62 Å². The highest BCUT2D eigenvalue weighted by Crippen LogP contribution is 2.23. The highest BCUT2D eigenvalue weighted by molar-refractivity contribution is 7.92. The minimum atomic E-state index is -4.03. The molecule has 2 aromatic carbocycles. The Hall–Kier alpha value is -2.45. The van der Waals surface area contributed by atoms with Crippen LogP contribution in [0.5, 0.6) is 0 Å². The summed E-state index contributed by atoms with van der Waals surface area (Å²) < 4.78 is 41.6. The summed E-state index contributed by atoms with van der Waals surface area (Å²) in [4.78, 5) is 16.9. The molecule has 1 fully saturated rings. The lowest BCUT2D eigenvalue weighted by Crippen LogP contribution is -2.47. The molecular weight excluding hydrogens is 393 g/mol. The SMILES string of the molecule is Cc1ccc(S(=O)(=O)Nc2ccccc2F)cc1C(=O)N1CCCC(N(C)C)C1. The summed E-state index contributed by atoms with van der Waals surface area (Å²) in [6, 6.07) is 10.2. The highest BCUT2D eigenvalue weighted by atomic mass is 32.2. The van der Waals surface area contributed by atoms with E-state index in [1.54, 1.807) is 24.0 Å². The van der Waals surface area contributed by atoms with Crippen LogP contribution >= 0.6 is 0 Å². The van der Waals surface area contributed by atoms with Gasteiger partial charge in [-0.2, -0.15) is 0 Å². The lowest BCUT2D eigenvalue weighted by molar-refractivity contribution is 0.0634. The van der Waals surface area contributed by atoms with E-state index in [1.807, 2.05) is 14.1 Å². The summed E-state index contributed by atoms with van der Waals surface area (Å²) in [6.07, 6.45) is 1.93. The second-order valence-electron chi connectivity index (χ2n) is 7.57. The maximum atomic E-state index is 13.9. The molecule has 0 aliphatic carbocycles. The van der Waals surface area contributed by atoms with Crippen LogP contribution in [0.25, 0.3) is 0 Å². The van der Waals surface area contributed by atoms with Crippen LogP contribution in [0.1, 0.15) is 28.8 Å². The number of likely N-dealkylation sites (N-methyl/N-ethyl adjacent to an activating group) is 1. The Kier molecular flexibility index (Phi) is 6.24. The second-order valence-corrected chi connectivity index (χ2v) is 9.26. The van der Waals surface area contributed by atoms with Gasteiger partial charge in [0.25, 0.3) is 15.9 Å². The molecule has 2 aromatic rings. The van der Waals surface area contributed by atoms with E-state index in [-0.39, 0.29) is 22.5 Å². The molecule has 1 aliphatic heterocycles. The summed E-state index contributed by atoms with van der Waals surface area (Å²) in [5.74, 6) is -0.848. The Morgan fingerprint density at radius 3 is 2.62 bits per heavy atom. The first-order chi connectivity index (χ1) is 13.7. The quantitative estimate of drug-likeness (QED) is 0.809. The molecule has 1 amide bonds. The van der Waals surface area contributed by atoms with Crippen molar-refractivity contribution in [1.82, 2.24) is 9.80 Å². The third kappa shape index (κ3) is 4.76. The number of rotatable bonds is 5. The number of carbonyl (C=O) groups is 1. The molecule has 1 saturated heterocycles. The third-order valence-electron chi connectivity index (χ3n) is 5.28. The van der Waals surface area contributed by atoms with Crippen molar-refractivity contribution in [2.24, 2.45) is 0 Å². The van der Waals surface area contributed by atoms with Crippen molar-refractivity contribution in [1.29, 1.82) is 0 Å². The van der Waals surface area contributed by atoms with Gasteiger partial charge in [0.2, 0.25) is 0 Å². The van der Waals surface area contributed by atoms with Gasteiger partial charge in [-0.05, 0) is 63.7 Å². The maximum absolute atomic E-state index is 13.9. The van der Waals surface area contributed by atoms with Gasteiger partial charge in [-0.15, -0.1) is 0 Å². The van der Waals surface area contributed by atoms with Crippen molar-refractivity contribution in [2.45, 2.75) is 30.7 Å². The number of hydrogen-bond acceptors (Lipinski definition) is 4. The molecule has 0 bridgehead atoms. The number of nitrogens with one attached hydrogen (secondary N) is 1. The standard InChI is InChI=1S/C21H26FN3O3S/c1-15-10-11-17(29(27,28)23-20-9-5-4-8-19(20)22)13-18(15)21(26)25-12-6-7-16(14-25)24(2)3/h4-5,8-11,13,16,23H,6-7,12,14H2,1-3H3. The first kappa shape index (κ1) is 21.3. The lowest BCUT2D eigenvalue weighted by Gasteiger charge is -2.36. The average molecular weight is 420 g/mol. The van der Waals surface area contributed by atoms with Gasteiger partial charge in [0.15, 0.2) is 0 Å². The summed E-state index contributed by atoms with van der Waals surface area (Å²) in [6.45, 7) is 3.03. The Morgan fingerprint density at radius 1 is 1.21 bits per heavy atom. The molecule has 1 unspecified atom stereocenters. The predicted octanol–water partition coefficient (Wildman–Crippen LogP) is 3.10. The first-order valence-corrected chi connectivity index (χ1v) is 11.0. The van der Waals surface area contributed by atoms with Gasteiger partial charge in [0, 0.05) is 24.7 Å². The van der Waals surface area contributed by atoms with Crippen LogP contribution < -0.4 is 4.72 Å². The number of nitrogens with zero attached hydrogens (tertiary/aromatic N) is 2. The molecule has 156 valence electrons. The number of benzene rings is 2. The number of hydrogen-bond donors (Lipinski definition) is 1. The van der Waals surface area contributed by atoms with E-state index >= 15 is 0 Å². The molecule has 0 aromatic heterocycles. The zero-order valence-electron chi connectivity index (χ0n) is 16.9. The Bertz CT molecular complexity index is 1010. The van der Waals surface area contributed by atoms with Crippen molar-refractivity contribution in [3.8, 4) is 0 Å². The van der Waals surface area contributed by atoms with Gasteiger partial charge < -0.3 is 9.80 Å². The fourth-order valence-electron chi connectivity index (χ4n) is 3.48. The highest BCUT2D eigenvalue weighted by Gasteiger charge is 2.27. The molecule has 1 heterocycles. The van der Waals surface area contributed by atoms with Crippen molar-refractivity contribution < 1.29 is 17.6 Å². The summed E-state index contributed by atoms with van der Waals surface area (Å²) in [7, 11) is -0.0494. The predicted molar refractivity (Wildman–Crippen MR) is 111 cm³/mol. The summed E-state index contributed by atoms with van der Waals surface area (Å²) in [5, 5.41) is 0. The number of piperidine rings is 1. The number of likely N-dealkylation sites (tertiary alicyclic amines) is 1. The number of amides is 1. The normalized spacial score (nSPS) is 17.4. The van der Waals surface area contributed by atoms with Gasteiger partial charge in [0.1, 0.15) is 5.82 Å². The van der Waals surface area contributed by atoms with Gasteiger partial charge in [-0.25, -0.2) is 12.8 Å². The minimum absolute atomic E-state index is 0.0733. The molecule has 0 radical (unpaired) electrons. The smallest absolute Gasteiger partial charge is 0.262 e. The third-order valence-corrected chi connectivity index (χ3v) is 6.65. The minimum Gasteiger partial charge on any atom is -0.337 e.